The van der Waals surface area contributed by atoms with Crippen molar-refractivity contribution in [3.63, 3.8) is 0 Å². The van der Waals surface area contributed by atoms with Gasteiger partial charge in [-0.25, -0.2) is 4.79 Å². The largest absolute Gasteiger partial charge is 0.491 e. The fourth-order valence-electron chi connectivity index (χ4n) is 3.30. The van der Waals surface area contributed by atoms with Crippen LogP contribution in [0.15, 0.2) is 24.3 Å². The highest BCUT2D eigenvalue weighted by Gasteiger charge is 2.14. The van der Waals surface area contributed by atoms with Crippen LogP contribution in [-0.4, -0.2) is 30.3 Å². The number of amides is 2. The lowest BCUT2D eigenvalue weighted by molar-refractivity contribution is 0.172. The Bertz CT molecular complexity index is 527. The molecule has 1 atom stereocenters. The van der Waals surface area contributed by atoms with Gasteiger partial charge >= 0.3 is 6.03 Å². The number of carbonyl (C=O) groups excluding carboxylic acids is 1. The summed E-state index contributed by atoms with van der Waals surface area (Å²) in [5.74, 6) is 1.48. The number of hydrogen-bond acceptors (Lipinski definition) is 3. The minimum atomic E-state index is -0.750. The molecule has 1 fully saturated rings. The van der Waals surface area contributed by atoms with E-state index in [1.54, 1.807) is 0 Å². The highest BCUT2D eigenvalue weighted by atomic mass is 16.5. The number of aliphatic hydroxyl groups excluding tert-OH is 1. The van der Waals surface area contributed by atoms with E-state index in [0.717, 1.165) is 23.7 Å². The average molecular weight is 348 g/mol. The molecule has 5 heteroatoms. The smallest absolute Gasteiger partial charge is 0.314 e. The van der Waals surface area contributed by atoms with Crippen molar-refractivity contribution in [2.45, 2.75) is 64.6 Å². The van der Waals surface area contributed by atoms with Crippen molar-refractivity contribution in [3.05, 3.63) is 29.8 Å². The van der Waals surface area contributed by atoms with Gasteiger partial charge in [-0.15, -0.1) is 0 Å². The molecule has 0 aliphatic heterocycles. The number of nitrogens with one attached hydrogen (secondary N) is 2. The third-order valence-electron chi connectivity index (χ3n) is 4.63. The van der Waals surface area contributed by atoms with Crippen LogP contribution in [0.4, 0.5) is 4.79 Å². The Morgan fingerprint density at radius 2 is 2.00 bits per heavy atom. The molecule has 0 saturated heterocycles. The first-order chi connectivity index (χ1) is 12.0. The third kappa shape index (κ3) is 7.34. The maximum atomic E-state index is 11.9. The summed E-state index contributed by atoms with van der Waals surface area (Å²) in [5.41, 5.74) is 0.737. The SMILES string of the molecule is CC(C)Oc1cccc(C(O)CNC(=O)NCCC2CCCCC2)c1. The Kier molecular flexibility index (Phi) is 8.06. The number of carbonyl (C=O) groups is 1. The molecule has 140 valence electrons. The summed E-state index contributed by atoms with van der Waals surface area (Å²) in [6, 6.07) is 7.14. The van der Waals surface area contributed by atoms with E-state index in [2.05, 4.69) is 10.6 Å². The minimum Gasteiger partial charge on any atom is -0.491 e. The highest BCUT2D eigenvalue weighted by molar-refractivity contribution is 5.73. The topological polar surface area (TPSA) is 70.6 Å². The molecule has 0 radical (unpaired) electrons. The summed E-state index contributed by atoms with van der Waals surface area (Å²) in [5, 5.41) is 15.9. The first kappa shape index (κ1) is 19.6. The van der Waals surface area contributed by atoms with Gasteiger partial charge in [0.15, 0.2) is 0 Å². The predicted octanol–water partition coefficient (Wildman–Crippen LogP) is 3.78. The van der Waals surface area contributed by atoms with Gasteiger partial charge < -0.3 is 20.5 Å². The van der Waals surface area contributed by atoms with Gasteiger partial charge in [0.05, 0.1) is 12.2 Å². The van der Waals surface area contributed by atoms with Gasteiger partial charge in [-0.05, 0) is 43.9 Å². The quantitative estimate of drug-likeness (QED) is 0.669. The summed E-state index contributed by atoms with van der Waals surface area (Å²) < 4.78 is 5.63. The summed E-state index contributed by atoms with van der Waals surface area (Å²) in [6.07, 6.45) is 6.95. The van der Waals surface area contributed by atoms with E-state index in [1.807, 2.05) is 38.1 Å². The summed E-state index contributed by atoms with van der Waals surface area (Å²) in [4.78, 5) is 11.9. The maximum absolute atomic E-state index is 11.9. The lowest BCUT2D eigenvalue weighted by Crippen LogP contribution is -2.38. The van der Waals surface area contributed by atoms with Gasteiger partial charge in [-0.3, -0.25) is 0 Å². The molecule has 1 aromatic rings. The molecule has 1 saturated carbocycles. The first-order valence-corrected chi connectivity index (χ1v) is 9.51. The highest BCUT2D eigenvalue weighted by Crippen LogP contribution is 2.25. The van der Waals surface area contributed by atoms with Crippen LogP contribution in [0, 0.1) is 5.92 Å². The summed E-state index contributed by atoms with van der Waals surface area (Å²) >= 11 is 0. The van der Waals surface area contributed by atoms with Gasteiger partial charge in [0, 0.05) is 13.1 Å². The predicted molar refractivity (Wildman–Crippen MR) is 99.8 cm³/mol. The molecule has 2 rings (SSSR count). The molecule has 3 N–H and O–H groups in total. The van der Waals surface area contributed by atoms with E-state index in [0.29, 0.717) is 6.54 Å². The van der Waals surface area contributed by atoms with Crippen molar-refractivity contribution in [3.8, 4) is 5.75 Å². The van der Waals surface area contributed by atoms with Crippen molar-refractivity contribution in [1.82, 2.24) is 10.6 Å². The van der Waals surface area contributed by atoms with Crippen molar-refractivity contribution in [2.75, 3.05) is 13.1 Å². The van der Waals surface area contributed by atoms with E-state index in [-0.39, 0.29) is 18.7 Å². The number of aliphatic hydroxyl groups is 1. The van der Waals surface area contributed by atoms with Gasteiger partial charge in [-0.2, -0.15) is 0 Å². The standard InChI is InChI=1S/C20H32N2O3/c1-15(2)25-18-10-6-9-17(13-18)19(23)14-22-20(24)21-12-11-16-7-4-3-5-8-16/h6,9-10,13,15-16,19,23H,3-5,7-8,11-12,14H2,1-2H3,(H2,21,22,24). The number of hydrogen-bond donors (Lipinski definition) is 3. The molecule has 1 aromatic carbocycles. The Hall–Kier alpha value is -1.75. The molecule has 2 amide bonds. The molecule has 5 nitrogen and oxygen atoms in total. The molecule has 1 aliphatic carbocycles. The molecular weight excluding hydrogens is 316 g/mol. The molecule has 25 heavy (non-hydrogen) atoms. The van der Waals surface area contributed by atoms with E-state index in [1.165, 1.54) is 32.1 Å². The number of benzene rings is 1. The Morgan fingerprint density at radius 3 is 2.72 bits per heavy atom. The molecule has 0 heterocycles. The molecule has 0 aromatic heterocycles. The van der Waals surface area contributed by atoms with Crippen molar-refractivity contribution >= 4 is 6.03 Å². The number of urea groups is 1. The zero-order valence-electron chi connectivity index (χ0n) is 15.5. The average Bonchev–Trinajstić information content (AvgIpc) is 2.60. The van der Waals surface area contributed by atoms with Gasteiger partial charge in [0.1, 0.15) is 5.75 Å². The molecule has 0 spiro atoms. The van der Waals surface area contributed by atoms with Crippen molar-refractivity contribution in [2.24, 2.45) is 5.92 Å². The second-order valence-corrected chi connectivity index (χ2v) is 7.18. The van der Waals surface area contributed by atoms with Crippen LogP contribution in [0.2, 0.25) is 0 Å². The minimum absolute atomic E-state index is 0.0838. The van der Waals surface area contributed by atoms with Crippen LogP contribution < -0.4 is 15.4 Å². The number of ether oxygens (including phenoxy) is 1. The van der Waals surface area contributed by atoms with Crippen molar-refractivity contribution in [1.29, 1.82) is 0 Å². The monoisotopic (exact) mass is 348 g/mol. The second kappa shape index (κ2) is 10.3. The van der Waals surface area contributed by atoms with Crippen LogP contribution >= 0.6 is 0 Å². The van der Waals surface area contributed by atoms with Crippen LogP contribution in [0.5, 0.6) is 5.75 Å². The molecular formula is C20H32N2O3. The first-order valence-electron chi connectivity index (χ1n) is 9.51. The van der Waals surface area contributed by atoms with Crippen LogP contribution in [0.25, 0.3) is 0 Å². The van der Waals surface area contributed by atoms with Crippen LogP contribution in [-0.2, 0) is 0 Å². The van der Waals surface area contributed by atoms with Gasteiger partial charge in [0.25, 0.3) is 0 Å². The van der Waals surface area contributed by atoms with Crippen LogP contribution in [0.1, 0.15) is 64.0 Å². The van der Waals surface area contributed by atoms with Crippen LogP contribution in [0.3, 0.4) is 0 Å². The van der Waals surface area contributed by atoms with Gasteiger partial charge in [-0.1, -0.05) is 44.2 Å². The summed E-state index contributed by atoms with van der Waals surface area (Å²) in [6.45, 7) is 4.80. The lowest BCUT2D eigenvalue weighted by Gasteiger charge is -2.21. The maximum Gasteiger partial charge on any atom is 0.314 e. The van der Waals surface area contributed by atoms with E-state index in [9.17, 15) is 9.90 Å². The van der Waals surface area contributed by atoms with E-state index in [4.69, 9.17) is 4.74 Å². The zero-order valence-corrected chi connectivity index (χ0v) is 15.5. The Balaban J connectivity index is 1.68. The van der Waals surface area contributed by atoms with Gasteiger partial charge in [0.2, 0.25) is 0 Å². The Morgan fingerprint density at radius 1 is 1.24 bits per heavy atom. The van der Waals surface area contributed by atoms with Crippen molar-refractivity contribution < 1.29 is 14.6 Å². The fraction of sp³-hybridized carbons (Fsp3) is 0.650. The lowest BCUT2D eigenvalue weighted by atomic mass is 9.87. The molecule has 1 aliphatic rings. The molecule has 1 unspecified atom stereocenters. The zero-order chi connectivity index (χ0) is 18.1. The third-order valence-corrected chi connectivity index (χ3v) is 4.63. The summed E-state index contributed by atoms with van der Waals surface area (Å²) in [7, 11) is 0. The van der Waals surface area contributed by atoms with E-state index < -0.39 is 6.10 Å². The number of rotatable bonds is 8. The normalized spacial score (nSPS) is 16.5. The van der Waals surface area contributed by atoms with E-state index >= 15 is 0 Å². The second-order valence-electron chi connectivity index (χ2n) is 7.18. The fourth-order valence-corrected chi connectivity index (χ4v) is 3.30. The Labute approximate surface area is 151 Å². The molecule has 0 bridgehead atoms.